The number of halogens is 1. The van der Waals surface area contributed by atoms with E-state index in [0.29, 0.717) is 39.7 Å². The summed E-state index contributed by atoms with van der Waals surface area (Å²) in [6.45, 7) is 0. The molecule has 0 fully saturated rings. The van der Waals surface area contributed by atoms with Crippen molar-refractivity contribution in [3.8, 4) is 17.2 Å². The fraction of sp³-hybridized carbons (Fsp3) is 0.167. The van der Waals surface area contributed by atoms with Gasteiger partial charge in [0.15, 0.2) is 17.3 Å². The average Bonchev–Trinajstić information content (AvgIpc) is 2.69. The maximum Gasteiger partial charge on any atom is 0.249 e. The summed E-state index contributed by atoms with van der Waals surface area (Å²) >= 11 is 5.89. The van der Waals surface area contributed by atoms with Gasteiger partial charge in [-0.05, 0) is 24.3 Å². The minimum Gasteiger partial charge on any atom is -0.493 e. The molecule has 2 N–H and O–H groups in total. The maximum absolute atomic E-state index is 5.89. The molecular formula is C18H18ClN5O3. The van der Waals surface area contributed by atoms with Gasteiger partial charge in [-0.25, -0.2) is 0 Å². The molecule has 0 aliphatic carbocycles. The Balaban J connectivity index is 1.82. The first-order valence-electron chi connectivity index (χ1n) is 7.92. The monoisotopic (exact) mass is 387 g/mol. The number of hydrogen-bond acceptors (Lipinski definition) is 8. The Bertz CT molecular complexity index is 896. The van der Waals surface area contributed by atoms with Crippen molar-refractivity contribution in [2.45, 2.75) is 0 Å². The van der Waals surface area contributed by atoms with Crippen molar-refractivity contribution in [1.29, 1.82) is 0 Å². The molecule has 0 bridgehead atoms. The number of nitrogens with one attached hydrogen (secondary N) is 2. The minimum atomic E-state index is 0.342. The molecule has 1 aromatic heterocycles. The zero-order chi connectivity index (χ0) is 19.2. The molecule has 0 aliphatic heterocycles. The third-order valence-corrected chi connectivity index (χ3v) is 3.85. The fourth-order valence-electron chi connectivity index (χ4n) is 2.38. The normalized spacial score (nSPS) is 10.2. The second-order valence-corrected chi connectivity index (χ2v) is 5.77. The minimum absolute atomic E-state index is 0.342. The Labute approximate surface area is 161 Å². The summed E-state index contributed by atoms with van der Waals surface area (Å²) in [6.07, 6.45) is 1.51. The third kappa shape index (κ3) is 4.48. The van der Waals surface area contributed by atoms with Gasteiger partial charge in [0.2, 0.25) is 11.7 Å². The van der Waals surface area contributed by atoms with Gasteiger partial charge in [-0.3, -0.25) is 0 Å². The molecule has 0 saturated carbocycles. The van der Waals surface area contributed by atoms with E-state index in [-0.39, 0.29) is 0 Å². The lowest BCUT2D eigenvalue weighted by atomic mass is 10.2. The van der Waals surface area contributed by atoms with Crippen molar-refractivity contribution in [3.63, 3.8) is 0 Å². The first kappa shape index (κ1) is 18.5. The second-order valence-electron chi connectivity index (χ2n) is 5.34. The summed E-state index contributed by atoms with van der Waals surface area (Å²) in [4.78, 5) is 4.40. The lowest BCUT2D eigenvalue weighted by Crippen LogP contribution is -2.03. The Morgan fingerprint density at radius 2 is 1.52 bits per heavy atom. The second kappa shape index (κ2) is 8.41. The van der Waals surface area contributed by atoms with Gasteiger partial charge >= 0.3 is 0 Å². The maximum atomic E-state index is 5.89. The molecular weight excluding hydrogens is 370 g/mol. The number of anilines is 4. The van der Waals surface area contributed by atoms with E-state index in [1.807, 2.05) is 12.1 Å². The number of rotatable bonds is 7. The van der Waals surface area contributed by atoms with Gasteiger partial charge in [-0.2, -0.15) is 10.1 Å². The van der Waals surface area contributed by atoms with Crippen LogP contribution in [0, 0.1) is 0 Å². The first-order valence-corrected chi connectivity index (χ1v) is 8.30. The fourth-order valence-corrected chi connectivity index (χ4v) is 2.51. The predicted octanol–water partition coefficient (Wildman–Crippen LogP) is 4.04. The molecule has 8 nitrogen and oxygen atoms in total. The molecule has 3 aromatic rings. The first-order chi connectivity index (χ1) is 13.1. The molecule has 0 saturated heterocycles. The predicted molar refractivity (Wildman–Crippen MR) is 104 cm³/mol. The number of benzene rings is 2. The van der Waals surface area contributed by atoms with E-state index < -0.39 is 0 Å². The van der Waals surface area contributed by atoms with E-state index in [1.54, 1.807) is 45.6 Å². The Hall–Kier alpha value is -3.26. The van der Waals surface area contributed by atoms with Gasteiger partial charge in [0.1, 0.15) is 0 Å². The van der Waals surface area contributed by atoms with E-state index in [4.69, 9.17) is 25.8 Å². The van der Waals surface area contributed by atoms with E-state index in [0.717, 1.165) is 5.69 Å². The van der Waals surface area contributed by atoms with Crippen molar-refractivity contribution < 1.29 is 14.2 Å². The van der Waals surface area contributed by atoms with Crippen molar-refractivity contribution in [3.05, 3.63) is 47.6 Å². The van der Waals surface area contributed by atoms with Crippen molar-refractivity contribution in [1.82, 2.24) is 15.2 Å². The van der Waals surface area contributed by atoms with Crippen molar-refractivity contribution in [2.75, 3.05) is 32.0 Å². The quantitative estimate of drug-likeness (QED) is 0.627. The van der Waals surface area contributed by atoms with Crippen LogP contribution in [0.15, 0.2) is 42.6 Å². The Kier molecular flexibility index (Phi) is 5.77. The number of aromatic nitrogens is 3. The van der Waals surface area contributed by atoms with Gasteiger partial charge in [0, 0.05) is 28.5 Å². The van der Waals surface area contributed by atoms with Gasteiger partial charge in [0.25, 0.3) is 0 Å². The van der Waals surface area contributed by atoms with E-state index >= 15 is 0 Å². The van der Waals surface area contributed by atoms with Crippen molar-refractivity contribution in [2.24, 2.45) is 0 Å². The van der Waals surface area contributed by atoms with Crippen LogP contribution >= 0.6 is 11.6 Å². The summed E-state index contributed by atoms with van der Waals surface area (Å²) in [5.41, 5.74) is 1.49. The number of hydrogen-bond donors (Lipinski definition) is 2. The Morgan fingerprint density at radius 3 is 2.11 bits per heavy atom. The lowest BCUT2D eigenvalue weighted by molar-refractivity contribution is 0.324. The smallest absolute Gasteiger partial charge is 0.249 e. The highest BCUT2D eigenvalue weighted by atomic mass is 35.5. The molecule has 2 aromatic carbocycles. The molecule has 0 unspecified atom stereocenters. The molecule has 0 atom stereocenters. The molecule has 0 spiro atoms. The third-order valence-electron chi connectivity index (χ3n) is 3.60. The highest BCUT2D eigenvalue weighted by Crippen LogP contribution is 2.40. The highest BCUT2D eigenvalue weighted by Gasteiger charge is 2.13. The summed E-state index contributed by atoms with van der Waals surface area (Å²) in [5.74, 6) is 2.41. The summed E-state index contributed by atoms with van der Waals surface area (Å²) in [7, 11) is 4.67. The van der Waals surface area contributed by atoms with Crippen LogP contribution in [-0.2, 0) is 0 Å². The van der Waals surface area contributed by atoms with Crippen LogP contribution in [0.1, 0.15) is 0 Å². The van der Waals surface area contributed by atoms with Crippen LogP contribution < -0.4 is 24.8 Å². The molecule has 27 heavy (non-hydrogen) atoms. The molecule has 9 heteroatoms. The van der Waals surface area contributed by atoms with Gasteiger partial charge in [-0.1, -0.05) is 11.6 Å². The standard InChI is InChI=1S/C18H18ClN5O3/c1-25-14-8-13(9-15(26-2)17(14)27-3)21-16-10-20-24-18(23-16)22-12-6-4-11(19)5-7-12/h4-10H,1-3H3,(H2,21,22,23,24). The van der Waals surface area contributed by atoms with Crippen LogP contribution in [0.3, 0.4) is 0 Å². The zero-order valence-electron chi connectivity index (χ0n) is 15.0. The zero-order valence-corrected chi connectivity index (χ0v) is 15.7. The highest BCUT2D eigenvalue weighted by molar-refractivity contribution is 6.30. The van der Waals surface area contributed by atoms with Crippen LogP contribution in [0.4, 0.5) is 23.1 Å². The van der Waals surface area contributed by atoms with Gasteiger partial charge < -0.3 is 24.8 Å². The topological polar surface area (TPSA) is 90.4 Å². The van der Waals surface area contributed by atoms with Gasteiger partial charge in [-0.15, -0.1) is 5.10 Å². The van der Waals surface area contributed by atoms with Gasteiger partial charge in [0.05, 0.1) is 27.5 Å². The van der Waals surface area contributed by atoms with Crippen LogP contribution in [0.25, 0.3) is 0 Å². The number of nitrogens with zero attached hydrogens (tertiary/aromatic N) is 3. The Morgan fingerprint density at radius 1 is 0.852 bits per heavy atom. The molecule has 140 valence electrons. The molecule has 3 rings (SSSR count). The van der Waals surface area contributed by atoms with E-state index in [2.05, 4.69) is 25.8 Å². The average molecular weight is 388 g/mol. The van der Waals surface area contributed by atoms with E-state index in [1.165, 1.54) is 6.20 Å². The lowest BCUT2D eigenvalue weighted by Gasteiger charge is -2.15. The molecule has 1 heterocycles. The number of methoxy groups -OCH3 is 3. The molecule has 0 aliphatic rings. The largest absolute Gasteiger partial charge is 0.493 e. The SMILES string of the molecule is COc1cc(Nc2cnnc(Nc3ccc(Cl)cc3)n2)cc(OC)c1OC. The van der Waals surface area contributed by atoms with Crippen LogP contribution in [0.5, 0.6) is 17.2 Å². The molecule has 0 radical (unpaired) electrons. The van der Waals surface area contributed by atoms with E-state index in [9.17, 15) is 0 Å². The summed E-state index contributed by atoms with van der Waals surface area (Å²) < 4.78 is 16.0. The molecule has 0 amide bonds. The van der Waals surface area contributed by atoms with Crippen LogP contribution in [0.2, 0.25) is 5.02 Å². The van der Waals surface area contributed by atoms with Crippen LogP contribution in [-0.4, -0.2) is 36.5 Å². The van der Waals surface area contributed by atoms with Crippen molar-refractivity contribution >= 4 is 34.7 Å². The summed E-state index contributed by atoms with van der Waals surface area (Å²) in [6, 6.07) is 10.7. The summed E-state index contributed by atoms with van der Waals surface area (Å²) in [5, 5.41) is 14.8. The number of ether oxygens (including phenoxy) is 3.